The number of nitrogens with one attached hydrogen (secondary N) is 2. The molecule has 1 amide bonds. The SMILES string of the molecule is COC(=O)c1cccc(NC(=O)CCc2cc3c(C)cc(C)cc3[nH]c2=O)c1. The number of H-pyrrole nitrogens is 1. The summed E-state index contributed by atoms with van der Waals surface area (Å²) >= 11 is 0. The summed E-state index contributed by atoms with van der Waals surface area (Å²) in [5.74, 6) is -0.702. The second-order valence-corrected chi connectivity index (χ2v) is 6.79. The van der Waals surface area contributed by atoms with Gasteiger partial charge in [-0.1, -0.05) is 12.1 Å². The summed E-state index contributed by atoms with van der Waals surface area (Å²) in [6.45, 7) is 3.98. The van der Waals surface area contributed by atoms with Gasteiger partial charge in [0, 0.05) is 28.6 Å². The van der Waals surface area contributed by atoms with Crippen molar-refractivity contribution in [2.75, 3.05) is 12.4 Å². The Morgan fingerprint density at radius 1 is 1.11 bits per heavy atom. The van der Waals surface area contributed by atoms with Crippen molar-refractivity contribution in [2.45, 2.75) is 26.7 Å². The van der Waals surface area contributed by atoms with Gasteiger partial charge in [-0.25, -0.2) is 4.79 Å². The first-order valence-corrected chi connectivity index (χ1v) is 8.99. The summed E-state index contributed by atoms with van der Waals surface area (Å²) in [5, 5.41) is 3.73. The van der Waals surface area contributed by atoms with Crippen molar-refractivity contribution in [3.05, 3.63) is 75.1 Å². The molecule has 0 bridgehead atoms. The predicted octanol–water partition coefficient (Wildman–Crippen LogP) is 3.50. The molecular weight excluding hydrogens is 356 g/mol. The van der Waals surface area contributed by atoms with Crippen LogP contribution in [0.2, 0.25) is 0 Å². The molecule has 144 valence electrons. The van der Waals surface area contributed by atoms with Gasteiger partial charge in [0.25, 0.3) is 5.56 Å². The first-order valence-electron chi connectivity index (χ1n) is 8.99. The van der Waals surface area contributed by atoms with Gasteiger partial charge in [-0.15, -0.1) is 0 Å². The van der Waals surface area contributed by atoms with Crippen LogP contribution in [0.1, 0.15) is 33.5 Å². The van der Waals surface area contributed by atoms with E-state index in [0.29, 0.717) is 23.2 Å². The fourth-order valence-electron chi connectivity index (χ4n) is 3.22. The molecule has 0 aliphatic rings. The fraction of sp³-hybridized carbons (Fsp3) is 0.227. The molecule has 0 fully saturated rings. The Morgan fingerprint density at radius 2 is 1.89 bits per heavy atom. The van der Waals surface area contributed by atoms with Crippen molar-refractivity contribution >= 4 is 28.5 Å². The van der Waals surface area contributed by atoms with Crippen LogP contribution < -0.4 is 10.9 Å². The fourth-order valence-corrected chi connectivity index (χ4v) is 3.22. The van der Waals surface area contributed by atoms with Crippen molar-refractivity contribution in [3.8, 4) is 0 Å². The molecule has 0 aliphatic carbocycles. The van der Waals surface area contributed by atoms with Gasteiger partial charge < -0.3 is 15.0 Å². The highest BCUT2D eigenvalue weighted by molar-refractivity contribution is 5.94. The average molecular weight is 378 g/mol. The van der Waals surface area contributed by atoms with Crippen molar-refractivity contribution < 1.29 is 14.3 Å². The number of hydrogen-bond acceptors (Lipinski definition) is 4. The van der Waals surface area contributed by atoms with Crippen LogP contribution in [-0.4, -0.2) is 24.0 Å². The number of methoxy groups -OCH3 is 1. The van der Waals surface area contributed by atoms with Crippen molar-refractivity contribution in [1.29, 1.82) is 0 Å². The van der Waals surface area contributed by atoms with Gasteiger partial charge in [-0.05, 0) is 61.7 Å². The van der Waals surface area contributed by atoms with E-state index in [1.807, 2.05) is 26.0 Å². The molecule has 2 N–H and O–H groups in total. The summed E-state index contributed by atoms with van der Waals surface area (Å²) < 4.78 is 4.68. The molecule has 28 heavy (non-hydrogen) atoms. The number of hydrogen-bond donors (Lipinski definition) is 2. The maximum Gasteiger partial charge on any atom is 0.337 e. The van der Waals surface area contributed by atoms with Crippen LogP contribution in [0.15, 0.2) is 47.3 Å². The molecule has 0 unspecified atom stereocenters. The van der Waals surface area contributed by atoms with Crippen LogP contribution in [0.4, 0.5) is 5.69 Å². The van der Waals surface area contributed by atoms with E-state index in [9.17, 15) is 14.4 Å². The van der Waals surface area contributed by atoms with E-state index in [0.717, 1.165) is 22.0 Å². The zero-order valence-corrected chi connectivity index (χ0v) is 16.1. The molecule has 0 aliphatic heterocycles. The predicted molar refractivity (Wildman–Crippen MR) is 109 cm³/mol. The van der Waals surface area contributed by atoms with Crippen LogP contribution in [-0.2, 0) is 16.0 Å². The number of benzene rings is 2. The van der Waals surface area contributed by atoms with Gasteiger partial charge in [-0.2, -0.15) is 0 Å². The lowest BCUT2D eigenvalue weighted by Crippen LogP contribution is -2.17. The first-order chi connectivity index (χ1) is 13.4. The maximum absolute atomic E-state index is 12.3. The molecule has 1 heterocycles. The maximum atomic E-state index is 12.3. The van der Waals surface area contributed by atoms with Crippen molar-refractivity contribution in [3.63, 3.8) is 0 Å². The standard InChI is InChI=1S/C22H22N2O4/c1-13-9-14(2)18-12-15(21(26)24-19(18)10-13)7-8-20(25)23-17-6-4-5-16(11-17)22(27)28-3/h4-6,9-12H,7-8H2,1-3H3,(H,23,25)(H,24,26). The van der Waals surface area contributed by atoms with E-state index in [4.69, 9.17) is 0 Å². The largest absolute Gasteiger partial charge is 0.465 e. The van der Waals surface area contributed by atoms with Gasteiger partial charge in [0.05, 0.1) is 12.7 Å². The van der Waals surface area contributed by atoms with Crippen LogP contribution in [0.25, 0.3) is 10.9 Å². The number of aromatic amines is 1. The number of ether oxygens (including phenoxy) is 1. The van der Waals surface area contributed by atoms with Gasteiger partial charge >= 0.3 is 5.97 Å². The Labute approximate surface area is 162 Å². The van der Waals surface area contributed by atoms with Gasteiger partial charge in [0.15, 0.2) is 0 Å². The minimum absolute atomic E-state index is 0.155. The van der Waals surface area contributed by atoms with Gasteiger partial charge in [0.1, 0.15) is 0 Å². The molecule has 3 aromatic rings. The average Bonchev–Trinajstić information content (AvgIpc) is 2.66. The second-order valence-electron chi connectivity index (χ2n) is 6.79. The zero-order valence-electron chi connectivity index (χ0n) is 16.1. The number of anilines is 1. The lowest BCUT2D eigenvalue weighted by molar-refractivity contribution is -0.116. The van der Waals surface area contributed by atoms with Crippen LogP contribution in [0.3, 0.4) is 0 Å². The van der Waals surface area contributed by atoms with Crippen molar-refractivity contribution in [1.82, 2.24) is 4.98 Å². The molecule has 6 heteroatoms. The summed E-state index contributed by atoms with van der Waals surface area (Å²) in [4.78, 5) is 39.1. The molecular formula is C22H22N2O4. The first kappa shape index (κ1) is 19.4. The highest BCUT2D eigenvalue weighted by Gasteiger charge is 2.10. The quantitative estimate of drug-likeness (QED) is 0.665. The number of aromatic nitrogens is 1. The Morgan fingerprint density at radius 3 is 2.64 bits per heavy atom. The smallest absolute Gasteiger partial charge is 0.337 e. The number of amides is 1. The summed E-state index contributed by atoms with van der Waals surface area (Å²) in [6.07, 6.45) is 0.475. The molecule has 0 spiro atoms. The number of carbonyl (C=O) groups is 2. The highest BCUT2D eigenvalue weighted by Crippen LogP contribution is 2.19. The molecule has 0 atom stereocenters. The number of esters is 1. The third-order valence-electron chi connectivity index (χ3n) is 4.58. The topological polar surface area (TPSA) is 88.3 Å². The minimum atomic E-state index is -0.468. The number of rotatable bonds is 5. The molecule has 6 nitrogen and oxygen atoms in total. The van der Waals surface area contributed by atoms with Crippen LogP contribution >= 0.6 is 0 Å². The van der Waals surface area contributed by atoms with E-state index in [-0.39, 0.29) is 17.9 Å². The van der Waals surface area contributed by atoms with Gasteiger partial charge in [-0.3, -0.25) is 9.59 Å². The molecule has 2 aromatic carbocycles. The summed E-state index contributed by atoms with van der Waals surface area (Å²) in [6, 6.07) is 12.4. The zero-order chi connectivity index (χ0) is 20.3. The lowest BCUT2D eigenvalue weighted by Gasteiger charge is -2.08. The summed E-state index contributed by atoms with van der Waals surface area (Å²) in [7, 11) is 1.30. The molecule has 3 rings (SSSR count). The number of pyridine rings is 1. The minimum Gasteiger partial charge on any atom is -0.465 e. The Hall–Kier alpha value is -3.41. The highest BCUT2D eigenvalue weighted by atomic mass is 16.5. The Balaban J connectivity index is 1.72. The normalized spacial score (nSPS) is 10.7. The molecule has 0 saturated carbocycles. The lowest BCUT2D eigenvalue weighted by atomic mass is 10.0. The van der Waals surface area contributed by atoms with E-state index in [2.05, 4.69) is 21.1 Å². The Bertz CT molecular complexity index is 1120. The number of fused-ring (bicyclic) bond motifs is 1. The van der Waals surface area contributed by atoms with E-state index in [1.54, 1.807) is 24.3 Å². The van der Waals surface area contributed by atoms with Gasteiger partial charge in [0.2, 0.25) is 5.91 Å². The molecule has 0 radical (unpaired) electrons. The number of carbonyl (C=O) groups excluding carboxylic acids is 2. The van der Waals surface area contributed by atoms with E-state index in [1.165, 1.54) is 7.11 Å². The molecule has 0 saturated heterocycles. The third kappa shape index (κ3) is 4.28. The number of aryl methyl sites for hydroxylation is 3. The van der Waals surface area contributed by atoms with Crippen molar-refractivity contribution in [2.24, 2.45) is 0 Å². The van der Waals surface area contributed by atoms with Crippen LogP contribution in [0, 0.1) is 13.8 Å². The van der Waals surface area contributed by atoms with E-state index < -0.39 is 5.97 Å². The Kier molecular flexibility index (Phi) is 5.59. The van der Waals surface area contributed by atoms with E-state index >= 15 is 0 Å². The summed E-state index contributed by atoms with van der Waals surface area (Å²) in [5.41, 5.74) is 4.22. The third-order valence-corrected chi connectivity index (χ3v) is 4.58. The monoisotopic (exact) mass is 378 g/mol. The van der Waals surface area contributed by atoms with Crippen LogP contribution in [0.5, 0.6) is 0 Å². The molecule has 1 aromatic heterocycles. The second kappa shape index (κ2) is 8.08.